The van der Waals surface area contributed by atoms with E-state index in [0.29, 0.717) is 37.8 Å². The van der Waals surface area contributed by atoms with Crippen LogP contribution in [0.3, 0.4) is 0 Å². The van der Waals surface area contributed by atoms with E-state index in [2.05, 4.69) is 50.9 Å². The van der Waals surface area contributed by atoms with Gasteiger partial charge in [-0.2, -0.15) is 0 Å². The molecule has 2 aromatic carbocycles. The number of aliphatic hydroxyl groups is 1. The van der Waals surface area contributed by atoms with E-state index >= 15 is 0 Å². The summed E-state index contributed by atoms with van der Waals surface area (Å²) >= 11 is 0. The second kappa shape index (κ2) is 11.9. The molecule has 8 nitrogen and oxygen atoms in total. The van der Waals surface area contributed by atoms with Crippen LogP contribution >= 0.6 is 0 Å². The topological polar surface area (TPSA) is 76.3 Å². The number of aliphatic hydroxyl groups excluding tert-OH is 1. The zero-order chi connectivity index (χ0) is 25.6. The lowest BCUT2D eigenvalue weighted by Gasteiger charge is -2.36. The molecule has 3 heterocycles. The standard InChI is InChI=1S/C29H37N5O3/c1-2-23-8-6-7-11-26(23)33-16-18-34(19-17-33)29(36)25-22-37-28(30-25)21-32-14-12-31(13-15-32)20-27(35)24-9-4-3-5-10-24/h3-11,22,27,35H,2,12-21H2,1H3. The zero-order valence-electron chi connectivity index (χ0n) is 21.6. The first-order chi connectivity index (χ1) is 18.1. The Hall–Kier alpha value is -3.20. The van der Waals surface area contributed by atoms with E-state index < -0.39 is 6.10 Å². The molecule has 1 N–H and O–H groups in total. The number of nitrogens with zero attached hydrogens (tertiary/aromatic N) is 5. The highest BCUT2D eigenvalue weighted by molar-refractivity contribution is 5.92. The molecule has 2 fully saturated rings. The molecule has 2 aliphatic rings. The lowest BCUT2D eigenvalue weighted by atomic mass is 10.1. The largest absolute Gasteiger partial charge is 0.447 e. The Kier molecular flexibility index (Phi) is 8.18. The number of carbonyl (C=O) groups is 1. The van der Waals surface area contributed by atoms with Gasteiger partial charge in [0.25, 0.3) is 5.91 Å². The number of piperazine rings is 2. The Bertz CT molecular complexity index is 1150. The first-order valence-corrected chi connectivity index (χ1v) is 13.3. The van der Waals surface area contributed by atoms with Gasteiger partial charge in [0.05, 0.1) is 12.6 Å². The Labute approximate surface area is 219 Å². The molecule has 196 valence electrons. The highest BCUT2D eigenvalue weighted by Crippen LogP contribution is 2.23. The average molecular weight is 504 g/mol. The number of carbonyl (C=O) groups excluding carboxylic acids is 1. The summed E-state index contributed by atoms with van der Waals surface area (Å²) in [5.41, 5.74) is 3.96. The van der Waals surface area contributed by atoms with Crippen molar-refractivity contribution in [1.29, 1.82) is 0 Å². The van der Waals surface area contributed by atoms with Gasteiger partial charge in [0, 0.05) is 64.6 Å². The van der Waals surface area contributed by atoms with E-state index in [1.807, 2.05) is 35.2 Å². The van der Waals surface area contributed by atoms with Crippen LogP contribution in [0.4, 0.5) is 5.69 Å². The molecule has 2 saturated heterocycles. The number of oxazole rings is 1. The van der Waals surface area contributed by atoms with E-state index in [9.17, 15) is 9.90 Å². The lowest BCUT2D eigenvalue weighted by Crippen LogP contribution is -2.49. The van der Waals surface area contributed by atoms with Gasteiger partial charge in [0.2, 0.25) is 5.89 Å². The number of benzene rings is 2. The Morgan fingerprint density at radius 1 is 0.919 bits per heavy atom. The van der Waals surface area contributed by atoms with E-state index in [0.717, 1.165) is 51.3 Å². The fourth-order valence-corrected chi connectivity index (χ4v) is 5.26. The number of hydrogen-bond acceptors (Lipinski definition) is 7. The van der Waals surface area contributed by atoms with Crippen LogP contribution in [-0.2, 0) is 13.0 Å². The van der Waals surface area contributed by atoms with Gasteiger partial charge in [0.1, 0.15) is 6.26 Å². The van der Waals surface area contributed by atoms with Crippen molar-refractivity contribution in [3.8, 4) is 0 Å². The van der Waals surface area contributed by atoms with Crippen molar-refractivity contribution in [1.82, 2.24) is 19.7 Å². The fraction of sp³-hybridized carbons (Fsp3) is 0.448. The van der Waals surface area contributed by atoms with Gasteiger partial charge in [0.15, 0.2) is 5.69 Å². The van der Waals surface area contributed by atoms with Gasteiger partial charge in [-0.3, -0.25) is 14.6 Å². The van der Waals surface area contributed by atoms with E-state index in [-0.39, 0.29) is 5.91 Å². The molecule has 0 aliphatic carbocycles. The molecule has 0 bridgehead atoms. The molecular formula is C29H37N5O3. The summed E-state index contributed by atoms with van der Waals surface area (Å²) in [4.78, 5) is 26.4. The molecule has 3 aromatic rings. The van der Waals surface area contributed by atoms with Crippen LogP contribution in [0.5, 0.6) is 0 Å². The zero-order valence-corrected chi connectivity index (χ0v) is 21.6. The maximum Gasteiger partial charge on any atom is 0.275 e. The highest BCUT2D eigenvalue weighted by Gasteiger charge is 2.26. The van der Waals surface area contributed by atoms with Crippen LogP contribution in [-0.4, -0.2) is 89.6 Å². The monoisotopic (exact) mass is 503 g/mol. The van der Waals surface area contributed by atoms with Crippen molar-refractivity contribution in [3.63, 3.8) is 0 Å². The number of amides is 1. The van der Waals surface area contributed by atoms with Gasteiger partial charge in [-0.25, -0.2) is 4.98 Å². The molecule has 1 amide bonds. The third-order valence-electron chi connectivity index (χ3n) is 7.49. The minimum atomic E-state index is -0.476. The molecule has 0 spiro atoms. The van der Waals surface area contributed by atoms with E-state index in [4.69, 9.17) is 4.42 Å². The second-order valence-corrected chi connectivity index (χ2v) is 9.89. The normalized spacial score (nSPS) is 18.2. The van der Waals surface area contributed by atoms with Gasteiger partial charge in [-0.05, 0) is 23.6 Å². The molecule has 5 rings (SSSR count). The predicted octanol–water partition coefficient (Wildman–Crippen LogP) is 3.05. The first-order valence-electron chi connectivity index (χ1n) is 13.3. The number of rotatable bonds is 8. The van der Waals surface area contributed by atoms with E-state index in [1.165, 1.54) is 17.5 Å². The van der Waals surface area contributed by atoms with Crippen LogP contribution < -0.4 is 4.90 Å². The summed E-state index contributed by atoms with van der Waals surface area (Å²) in [5.74, 6) is 0.523. The van der Waals surface area contributed by atoms with Crippen LogP contribution in [0.2, 0.25) is 0 Å². The van der Waals surface area contributed by atoms with Crippen LogP contribution in [0.1, 0.15) is 40.5 Å². The molecule has 37 heavy (non-hydrogen) atoms. The van der Waals surface area contributed by atoms with Crippen molar-refractivity contribution in [2.45, 2.75) is 26.0 Å². The number of aromatic nitrogens is 1. The maximum absolute atomic E-state index is 13.1. The number of β-amino-alcohol motifs (C(OH)–C–C–N with tert-alkyl or cyclic N) is 1. The maximum atomic E-state index is 13.1. The number of aryl methyl sites for hydroxylation is 1. The number of hydrogen-bond donors (Lipinski definition) is 1. The van der Waals surface area contributed by atoms with Crippen molar-refractivity contribution in [3.05, 3.63) is 83.6 Å². The van der Waals surface area contributed by atoms with E-state index in [1.54, 1.807) is 0 Å². The van der Waals surface area contributed by atoms with Gasteiger partial charge < -0.3 is 19.3 Å². The summed E-state index contributed by atoms with van der Waals surface area (Å²) in [7, 11) is 0. The summed E-state index contributed by atoms with van der Waals surface area (Å²) in [6.07, 6.45) is 2.03. The molecule has 0 saturated carbocycles. The Balaban J connectivity index is 1.08. The summed E-state index contributed by atoms with van der Waals surface area (Å²) in [5, 5.41) is 10.5. The second-order valence-electron chi connectivity index (χ2n) is 9.89. The minimum absolute atomic E-state index is 0.0573. The molecule has 1 unspecified atom stereocenters. The Morgan fingerprint density at radius 2 is 1.59 bits per heavy atom. The smallest absolute Gasteiger partial charge is 0.275 e. The van der Waals surface area contributed by atoms with Crippen molar-refractivity contribution < 1.29 is 14.3 Å². The molecule has 1 atom stereocenters. The SMILES string of the molecule is CCc1ccccc1N1CCN(C(=O)c2coc(CN3CCN(CC(O)c4ccccc4)CC3)n2)CC1. The fourth-order valence-electron chi connectivity index (χ4n) is 5.26. The first kappa shape index (κ1) is 25.4. The van der Waals surface area contributed by atoms with Crippen LogP contribution in [0.25, 0.3) is 0 Å². The van der Waals surface area contributed by atoms with Gasteiger partial charge >= 0.3 is 0 Å². The quantitative estimate of drug-likeness (QED) is 0.506. The van der Waals surface area contributed by atoms with Crippen LogP contribution in [0.15, 0.2) is 65.3 Å². The highest BCUT2D eigenvalue weighted by atomic mass is 16.3. The summed E-state index contributed by atoms with van der Waals surface area (Å²) in [6, 6.07) is 18.3. The Morgan fingerprint density at radius 3 is 2.32 bits per heavy atom. The third-order valence-corrected chi connectivity index (χ3v) is 7.49. The van der Waals surface area contributed by atoms with Crippen molar-refractivity contribution in [2.75, 3.05) is 63.8 Å². The van der Waals surface area contributed by atoms with Crippen molar-refractivity contribution >= 4 is 11.6 Å². The molecule has 8 heteroatoms. The van der Waals surface area contributed by atoms with Crippen LogP contribution in [0, 0.1) is 0 Å². The lowest BCUT2D eigenvalue weighted by molar-refractivity contribution is 0.0671. The predicted molar refractivity (Wildman–Crippen MR) is 144 cm³/mol. The molecule has 1 aromatic heterocycles. The number of anilines is 1. The van der Waals surface area contributed by atoms with Gasteiger partial charge in [-0.15, -0.1) is 0 Å². The third kappa shape index (κ3) is 6.21. The number of para-hydroxylation sites is 1. The molecule has 2 aliphatic heterocycles. The minimum Gasteiger partial charge on any atom is -0.447 e. The summed E-state index contributed by atoms with van der Waals surface area (Å²) in [6.45, 7) is 9.87. The molecule has 0 radical (unpaired) electrons. The molecular weight excluding hydrogens is 466 g/mol. The van der Waals surface area contributed by atoms with Gasteiger partial charge in [-0.1, -0.05) is 55.5 Å². The van der Waals surface area contributed by atoms with Crippen molar-refractivity contribution in [2.24, 2.45) is 0 Å². The average Bonchev–Trinajstić information content (AvgIpc) is 3.42. The summed E-state index contributed by atoms with van der Waals surface area (Å²) < 4.78 is 5.69.